The van der Waals surface area contributed by atoms with Gasteiger partial charge in [-0.3, -0.25) is 9.20 Å². The van der Waals surface area contributed by atoms with E-state index in [9.17, 15) is 9.59 Å². The van der Waals surface area contributed by atoms with Gasteiger partial charge in [0, 0.05) is 22.7 Å². The van der Waals surface area contributed by atoms with Crippen LogP contribution in [0.25, 0.3) is 16.3 Å². The minimum atomic E-state index is -0.404. The first kappa shape index (κ1) is 18.9. The summed E-state index contributed by atoms with van der Waals surface area (Å²) in [5.74, 6) is -0.0348. The second-order valence-corrected chi connectivity index (χ2v) is 7.60. The molecule has 148 valence electrons. The van der Waals surface area contributed by atoms with Crippen LogP contribution in [0.3, 0.4) is 0 Å². The van der Waals surface area contributed by atoms with Gasteiger partial charge in [0.15, 0.2) is 4.96 Å². The van der Waals surface area contributed by atoms with Gasteiger partial charge in [-0.2, -0.15) is 4.80 Å². The van der Waals surface area contributed by atoms with Crippen LogP contribution in [0.15, 0.2) is 40.5 Å². The molecule has 0 fully saturated rings. The van der Waals surface area contributed by atoms with E-state index in [1.807, 2.05) is 12.3 Å². The Balaban J connectivity index is 1.58. The second-order valence-electron chi connectivity index (χ2n) is 6.76. The fourth-order valence-electron chi connectivity index (χ4n) is 2.82. The Kier molecular flexibility index (Phi) is 4.93. The van der Waals surface area contributed by atoms with Crippen molar-refractivity contribution in [1.29, 1.82) is 0 Å². The van der Waals surface area contributed by atoms with Crippen molar-refractivity contribution in [3.8, 4) is 11.4 Å². The minimum Gasteiger partial charge on any atom is -0.459 e. The SMILES string of the molecule is Cc1csc2nc(Cn3nnc(-c4cccc(C(=O)OC(C)C)c4)n3)cc(=O)n12. The Bertz CT molecular complexity index is 1260. The number of tetrazole rings is 1. The number of esters is 1. The number of carbonyl (C=O) groups excluding carboxylic acids is 1. The first-order chi connectivity index (χ1) is 13.9. The quantitative estimate of drug-likeness (QED) is 0.465. The van der Waals surface area contributed by atoms with Gasteiger partial charge in [-0.15, -0.1) is 21.5 Å². The molecule has 0 aliphatic heterocycles. The van der Waals surface area contributed by atoms with E-state index in [0.29, 0.717) is 27.6 Å². The molecule has 0 spiro atoms. The van der Waals surface area contributed by atoms with E-state index in [4.69, 9.17) is 4.74 Å². The topological polar surface area (TPSA) is 104 Å². The van der Waals surface area contributed by atoms with Crippen LogP contribution >= 0.6 is 11.3 Å². The number of hydrogen-bond donors (Lipinski definition) is 0. The minimum absolute atomic E-state index is 0.138. The van der Waals surface area contributed by atoms with E-state index in [0.717, 1.165) is 5.69 Å². The molecule has 1 aromatic carbocycles. The molecule has 0 N–H and O–H groups in total. The molecule has 3 aromatic heterocycles. The van der Waals surface area contributed by atoms with Gasteiger partial charge in [-0.05, 0) is 38.1 Å². The lowest BCUT2D eigenvalue weighted by Gasteiger charge is -2.08. The maximum atomic E-state index is 12.3. The van der Waals surface area contributed by atoms with Gasteiger partial charge >= 0.3 is 5.97 Å². The van der Waals surface area contributed by atoms with Gasteiger partial charge < -0.3 is 4.74 Å². The first-order valence-electron chi connectivity index (χ1n) is 8.97. The van der Waals surface area contributed by atoms with Crippen molar-refractivity contribution in [2.45, 2.75) is 33.4 Å². The lowest BCUT2D eigenvalue weighted by molar-refractivity contribution is 0.0378. The van der Waals surface area contributed by atoms with E-state index < -0.39 is 5.97 Å². The number of aromatic nitrogens is 6. The number of carbonyl (C=O) groups is 1. The summed E-state index contributed by atoms with van der Waals surface area (Å²) >= 11 is 1.41. The molecule has 0 amide bonds. The van der Waals surface area contributed by atoms with Gasteiger partial charge in [0.05, 0.1) is 17.4 Å². The zero-order valence-corrected chi connectivity index (χ0v) is 16.9. The highest BCUT2D eigenvalue weighted by Crippen LogP contribution is 2.17. The standard InChI is InChI=1S/C19H18N6O3S/c1-11(2)28-18(27)14-6-4-5-13(7-14)17-21-23-24(22-17)9-15-8-16(26)25-12(3)10-29-19(25)20-15/h4-8,10-11H,9H2,1-3H3. The first-order valence-corrected chi connectivity index (χ1v) is 9.84. The normalized spacial score (nSPS) is 11.3. The molecule has 0 bridgehead atoms. The number of thiazole rings is 1. The molecule has 0 unspecified atom stereocenters. The fourth-order valence-corrected chi connectivity index (χ4v) is 3.71. The molecule has 29 heavy (non-hydrogen) atoms. The van der Waals surface area contributed by atoms with Crippen LogP contribution in [0.1, 0.15) is 35.6 Å². The molecule has 3 heterocycles. The summed E-state index contributed by atoms with van der Waals surface area (Å²) in [6, 6.07) is 8.34. The van der Waals surface area contributed by atoms with Gasteiger partial charge in [-0.25, -0.2) is 9.78 Å². The molecule has 0 saturated heterocycles. The predicted molar refractivity (Wildman–Crippen MR) is 107 cm³/mol. The highest BCUT2D eigenvalue weighted by atomic mass is 32.1. The highest BCUT2D eigenvalue weighted by molar-refractivity contribution is 7.15. The van der Waals surface area contributed by atoms with Crippen molar-refractivity contribution in [3.05, 3.63) is 63.0 Å². The summed E-state index contributed by atoms with van der Waals surface area (Å²) < 4.78 is 6.79. The van der Waals surface area contributed by atoms with Gasteiger partial charge in [0.2, 0.25) is 5.82 Å². The Labute approximate surface area is 169 Å². The maximum absolute atomic E-state index is 12.3. The zero-order chi connectivity index (χ0) is 20.5. The number of hydrogen-bond acceptors (Lipinski definition) is 8. The summed E-state index contributed by atoms with van der Waals surface area (Å²) in [5, 5.41) is 14.3. The average molecular weight is 410 g/mol. The largest absolute Gasteiger partial charge is 0.459 e. The Morgan fingerprint density at radius 2 is 2.10 bits per heavy atom. The third-order valence-corrected chi connectivity index (χ3v) is 5.03. The van der Waals surface area contributed by atoms with Crippen LogP contribution in [-0.4, -0.2) is 41.7 Å². The van der Waals surface area contributed by atoms with Crippen molar-refractivity contribution in [2.75, 3.05) is 0 Å². The Morgan fingerprint density at radius 1 is 1.28 bits per heavy atom. The van der Waals surface area contributed by atoms with Crippen LogP contribution in [0.2, 0.25) is 0 Å². The smallest absolute Gasteiger partial charge is 0.338 e. The molecule has 0 aliphatic carbocycles. The van der Waals surface area contributed by atoms with Crippen LogP contribution < -0.4 is 5.56 Å². The van der Waals surface area contributed by atoms with Crippen LogP contribution in [0.5, 0.6) is 0 Å². The Hall–Kier alpha value is -3.40. The maximum Gasteiger partial charge on any atom is 0.338 e. The Morgan fingerprint density at radius 3 is 2.90 bits per heavy atom. The van der Waals surface area contributed by atoms with Crippen LogP contribution in [0.4, 0.5) is 0 Å². The van der Waals surface area contributed by atoms with Gasteiger partial charge in [0.1, 0.15) is 6.54 Å². The summed E-state index contributed by atoms with van der Waals surface area (Å²) in [6.45, 7) is 5.67. The van der Waals surface area contributed by atoms with E-state index >= 15 is 0 Å². The van der Waals surface area contributed by atoms with Crippen molar-refractivity contribution in [1.82, 2.24) is 29.6 Å². The molecule has 0 atom stereocenters. The number of benzene rings is 1. The lowest BCUT2D eigenvalue weighted by atomic mass is 10.1. The van der Waals surface area contributed by atoms with Gasteiger partial charge in [0.25, 0.3) is 5.56 Å². The van der Waals surface area contributed by atoms with E-state index in [-0.39, 0.29) is 18.2 Å². The van der Waals surface area contributed by atoms with Crippen LogP contribution in [0, 0.1) is 6.92 Å². The van der Waals surface area contributed by atoms with E-state index in [1.54, 1.807) is 42.5 Å². The molecular weight excluding hydrogens is 392 g/mol. The highest BCUT2D eigenvalue weighted by Gasteiger charge is 2.13. The third-order valence-electron chi connectivity index (χ3n) is 4.08. The number of rotatable bonds is 5. The van der Waals surface area contributed by atoms with E-state index in [2.05, 4.69) is 20.4 Å². The van der Waals surface area contributed by atoms with Crippen molar-refractivity contribution < 1.29 is 9.53 Å². The van der Waals surface area contributed by atoms with Gasteiger partial charge in [-0.1, -0.05) is 12.1 Å². The molecule has 4 rings (SSSR count). The second kappa shape index (κ2) is 7.55. The molecule has 4 aromatic rings. The van der Waals surface area contributed by atoms with Crippen molar-refractivity contribution in [2.24, 2.45) is 0 Å². The molecule has 0 saturated carbocycles. The van der Waals surface area contributed by atoms with E-state index in [1.165, 1.54) is 22.2 Å². The predicted octanol–water partition coefficient (Wildman–Crippen LogP) is 2.33. The monoisotopic (exact) mass is 410 g/mol. The van der Waals surface area contributed by atoms with Crippen molar-refractivity contribution >= 4 is 22.3 Å². The van der Waals surface area contributed by atoms with Crippen LogP contribution in [-0.2, 0) is 11.3 Å². The summed E-state index contributed by atoms with van der Waals surface area (Å²) in [7, 11) is 0. The molecule has 9 nitrogen and oxygen atoms in total. The zero-order valence-electron chi connectivity index (χ0n) is 16.1. The molecular formula is C19H18N6O3S. The fraction of sp³-hybridized carbons (Fsp3) is 0.263. The lowest BCUT2D eigenvalue weighted by Crippen LogP contribution is -2.17. The number of aryl methyl sites for hydroxylation is 1. The molecule has 0 aliphatic rings. The third kappa shape index (κ3) is 3.92. The molecule has 0 radical (unpaired) electrons. The number of fused-ring (bicyclic) bond motifs is 1. The average Bonchev–Trinajstić information content (AvgIpc) is 3.28. The number of ether oxygens (including phenoxy) is 1. The number of nitrogens with zero attached hydrogens (tertiary/aromatic N) is 6. The summed E-state index contributed by atoms with van der Waals surface area (Å²) in [6.07, 6.45) is -0.203. The van der Waals surface area contributed by atoms with Crippen molar-refractivity contribution in [3.63, 3.8) is 0 Å². The summed E-state index contributed by atoms with van der Waals surface area (Å²) in [5.41, 5.74) is 2.33. The molecule has 10 heteroatoms. The summed E-state index contributed by atoms with van der Waals surface area (Å²) in [4.78, 5) is 30.9.